The molecule has 0 aliphatic heterocycles. The summed E-state index contributed by atoms with van der Waals surface area (Å²) in [5, 5.41) is 4.97. The van der Waals surface area contributed by atoms with E-state index in [0.717, 1.165) is 11.1 Å². The topological polar surface area (TPSA) is 115 Å². The first kappa shape index (κ1) is 28.8. The fourth-order valence-electron chi connectivity index (χ4n) is 3.33. The van der Waals surface area contributed by atoms with Crippen LogP contribution in [0.5, 0.6) is 0 Å². The third-order valence-electron chi connectivity index (χ3n) is 5.12. The molecule has 2 aromatic rings. The predicted molar refractivity (Wildman–Crippen MR) is 133 cm³/mol. The smallest absolute Gasteiger partial charge is 0.407 e. The van der Waals surface area contributed by atoms with Gasteiger partial charge in [0.15, 0.2) is 6.29 Å². The standard InChI is InChI=1S/C26H35N3O7/c1-4-36-24(33-2)17-29(16-20-11-7-5-8-12-20)25(31)22(28-23(30)15-27-26(32)34-3)19-35-18-21-13-9-6-10-14-21/h5-14,22,24H,4,15-19H2,1-3H3,(H,27,32)(H,28,30)/t22-,24?/m0/s1. The van der Waals surface area contributed by atoms with Crippen molar-refractivity contribution in [1.29, 1.82) is 0 Å². The molecule has 2 aromatic carbocycles. The second-order valence-corrected chi connectivity index (χ2v) is 7.79. The van der Waals surface area contributed by atoms with E-state index in [0.29, 0.717) is 6.61 Å². The Labute approximate surface area is 211 Å². The molecule has 1 unspecified atom stereocenters. The largest absolute Gasteiger partial charge is 0.453 e. The Morgan fingerprint density at radius 2 is 1.58 bits per heavy atom. The van der Waals surface area contributed by atoms with Crippen LogP contribution >= 0.6 is 0 Å². The van der Waals surface area contributed by atoms with Crippen molar-refractivity contribution >= 4 is 17.9 Å². The van der Waals surface area contributed by atoms with Gasteiger partial charge in [-0.15, -0.1) is 0 Å². The van der Waals surface area contributed by atoms with E-state index in [2.05, 4.69) is 15.4 Å². The first-order chi connectivity index (χ1) is 17.5. The molecular formula is C26H35N3O7. The summed E-state index contributed by atoms with van der Waals surface area (Å²) in [6, 6.07) is 18.0. The van der Waals surface area contributed by atoms with Gasteiger partial charge in [-0.1, -0.05) is 60.7 Å². The van der Waals surface area contributed by atoms with Crippen LogP contribution in [-0.2, 0) is 41.7 Å². The number of carbonyl (C=O) groups excluding carboxylic acids is 3. The van der Waals surface area contributed by atoms with Crippen molar-refractivity contribution in [2.24, 2.45) is 0 Å². The average molecular weight is 502 g/mol. The molecule has 36 heavy (non-hydrogen) atoms. The van der Waals surface area contributed by atoms with Crippen molar-refractivity contribution in [3.05, 3.63) is 71.8 Å². The van der Waals surface area contributed by atoms with E-state index in [1.807, 2.05) is 67.6 Å². The second kappa shape index (κ2) is 16.2. The molecule has 2 N–H and O–H groups in total. The van der Waals surface area contributed by atoms with E-state index in [1.165, 1.54) is 14.2 Å². The highest BCUT2D eigenvalue weighted by atomic mass is 16.7. The Morgan fingerprint density at radius 3 is 2.17 bits per heavy atom. The zero-order chi connectivity index (χ0) is 26.2. The van der Waals surface area contributed by atoms with Crippen LogP contribution in [0, 0.1) is 0 Å². The number of hydrogen-bond donors (Lipinski definition) is 2. The molecule has 3 amide bonds. The van der Waals surface area contributed by atoms with E-state index in [1.54, 1.807) is 4.90 Å². The zero-order valence-electron chi connectivity index (χ0n) is 21.0. The molecule has 0 radical (unpaired) electrons. The monoisotopic (exact) mass is 501 g/mol. The summed E-state index contributed by atoms with van der Waals surface area (Å²) in [6.45, 7) is 2.50. The molecule has 10 heteroatoms. The maximum Gasteiger partial charge on any atom is 0.407 e. The molecule has 0 heterocycles. The number of amides is 3. The van der Waals surface area contributed by atoms with Gasteiger partial charge < -0.3 is 34.5 Å². The maximum atomic E-state index is 13.7. The molecule has 0 aliphatic carbocycles. The average Bonchev–Trinajstić information content (AvgIpc) is 2.91. The molecule has 0 bridgehead atoms. The number of carbonyl (C=O) groups is 3. The van der Waals surface area contributed by atoms with E-state index >= 15 is 0 Å². The lowest BCUT2D eigenvalue weighted by atomic mass is 10.1. The summed E-state index contributed by atoms with van der Waals surface area (Å²) in [4.78, 5) is 39.1. The number of nitrogens with zero attached hydrogens (tertiary/aromatic N) is 1. The van der Waals surface area contributed by atoms with Gasteiger partial charge in [-0.25, -0.2) is 4.79 Å². The molecular weight excluding hydrogens is 466 g/mol. The summed E-state index contributed by atoms with van der Waals surface area (Å²) >= 11 is 0. The van der Waals surface area contributed by atoms with E-state index in [-0.39, 0.29) is 38.8 Å². The summed E-state index contributed by atoms with van der Waals surface area (Å²) in [5.41, 5.74) is 1.83. The summed E-state index contributed by atoms with van der Waals surface area (Å²) in [7, 11) is 2.70. The minimum Gasteiger partial charge on any atom is -0.453 e. The van der Waals surface area contributed by atoms with Crippen molar-refractivity contribution in [3.8, 4) is 0 Å². The van der Waals surface area contributed by atoms with Gasteiger partial charge in [-0.2, -0.15) is 0 Å². The Balaban J connectivity index is 2.18. The van der Waals surface area contributed by atoms with Gasteiger partial charge in [0.25, 0.3) is 0 Å². The molecule has 0 fully saturated rings. The van der Waals surface area contributed by atoms with Crippen LogP contribution in [0.25, 0.3) is 0 Å². The van der Waals surface area contributed by atoms with Crippen LogP contribution in [0.1, 0.15) is 18.1 Å². The number of methoxy groups -OCH3 is 2. The Kier molecular flexibility index (Phi) is 13.0. The van der Waals surface area contributed by atoms with Gasteiger partial charge in [0, 0.05) is 20.3 Å². The van der Waals surface area contributed by atoms with Crippen LogP contribution in [0.15, 0.2) is 60.7 Å². The van der Waals surface area contributed by atoms with Crippen LogP contribution in [-0.4, -0.2) is 75.7 Å². The lowest BCUT2D eigenvalue weighted by molar-refractivity contribution is -0.155. The Bertz CT molecular complexity index is 928. The predicted octanol–water partition coefficient (Wildman–Crippen LogP) is 2.08. The molecule has 2 atom stereocenters. The molecule has 0 saturated carbocycles. The highest BCUT2D eigenvalue weighted by Gasteiger charge is 2.29. The van der Waals surface area contributed by atoms with Gasteiger partial charge in [0.2, 0.25) is 11.8 Å². The summed E-state index contributed by atoms with van der Waals surface area (Å²) in [6.07, 6.45) is -1.40. The minimum absolute atomic E-state index is 0.0741. The lowest BCUT2D eigenvalue weighted by Gasteiger charge is -2.30. The van der Waals surface area contributed by atoms with Crippen LogP contribution in [0.2, 0.25) is 0 Å². The van der Waals surface area contributed by atoms with Crippen molar-refractivity contribution in [3.63, 3.8) is 0 Å². The first-order valence-electron chi connectivity index (χ1n) is 11.7. The fraction of sp³-hybridized carbons (Fsp3) is 0.423. The number of ether oxygens (including phenoxy) is 4. The van der Waals surface area contributed by atoms with E-state index in [9.17, 15) is 14.4 Å². The highest BCUT2D eigenvalue weighted by molar-refractivity contribution is 5.89. The molecule has 10 nitrogen and oxygen atoms in total. The lowest BCUT2D eigenvalue weighted by Crippen LogP contribution is -2.54. The highest BCUT2D eigenvalue weighted by Crippen LogP contribution is 2.11. The second-order valence-electron chi connectivity index (χ2n) is 7.79. The molecule has 0 aromatic heterocycles. The summed E-state index contributed by atoms with van der Waals surface area (Å²) in [5.74, 6) is -0.935. The summed E-state index contributed by atoms with van der Waals surface area (Å²) < 4.78 is 21.3. The number of rotatable bonds is 15. The SMILES string of the molecule is CCOC(CN(Cc1ccccc1)C(=O)[C@H](COCc1ccccc1)NC(=O)CNC(=O)OC)OC. The van der Waals surface area contributed by atoms with Crippen LogP contribution in [0.3, 0.4) is 0 Å². The molecule has 196 valence electrons. The third kappa shape index (κ3) is 10.4. The van der Waals surface area contributed by atoms with Crippen LogP contribution < -0.4 is 10.6 Å². The quantitative estimate of drug-likeness (QED) is 0.359. The van der Waals surface area contributed by atoms with Crippen molar-refractivity contribution < 1.29 is 33.3 Å². The van der Waals surface area contributed by atoms with Crippen molar-refractivity contribution in [2.75, 3.05) is 40.5 Å². The number of alkyl carbamates (subject to hydrolysis) is 1. The minimum atomic E-state index is -1.01. The fourth-order valence-corrected chi connectivity index (χ4v) is 3.33. The van der Waals surface area contributed by atoms with Gasteiger partial charge in [0.1, 0.15) is 12.6 Å². The normalized spacial score (nSPS) is 12.3. The van der Waals surface area contributed by atoms with E-state index in [4.69, 9.17) is 14.2 Å². The number of nitrogens with one attached hydrogen (secondary N) is 2. The van der Waals surface area contributed by atoms with Gasteiger partial charge in [-0.05, 0) is 18.1 Å². The molecule has 0 aliphatic rings. The van der Waals surface area contributed by atoms with Gasteiger partial charge in [-0.3, -0.25) is 9.59 Å². The number of benzene rings is 2. The van der Waals surface area contributed by atoms with Crippen LogP contribution in [0.4, 0.5) is 4.79 Å². The number of hydrogen-bond acceptors (Lipinski definition) is 7. The van der Waals surface area contributed by atoms with Crippen molar-refractivity contribution in [1.82, 2.24) is 15.5 Å². The molecule has 0 saturated heterocycles. The van der Waals surface area contributed by atoms with Crippen molar-refractivity contribution in [2.45, 2.75) is 32.4 Å². The maximum absolute atomic E-state index is 13.7. The van der Waals surface area contributed by atoms with Gasteiger partial charge >= 0.3 is 6.09 Å². The Morgan fingerprint density at radius 1 is 0.944 bits per heavy atom. The Hall–Kier alpha value is -3.47. The molecule has 0 spiro atoms. The first-order valence-corrected chi connectivity index (χ1v) is 11.7. The van der Waals surface area contributed by atoms with E-state index < -0.39 is 24.3 Å². The third-order valence-corrected chi connectivity index (χ3v) is 5.12. The van der Waals surface area contributed by atoms with Gasteiger partial charge in [0.05, 0.1) is 26.9 Å². The molecule has 2 rings (SSSR count). The zero-order valence-corrected chi connectivity index (χ0v) is 21.0.